The highest BCUT2D eigenvalue weighted by atomic mass is 35.5. The Balaban J connectivity index is 0.00000208. The Labute approximate surface area is 148 Å². The molecular formula is C17H25ClN4O2. The largest absolute Gasteiger partial charge is 0.348 e. The van der Waals surface area contributed by atoms with E-state index in [-0.39, 0.29) is 30.4 Å². The summed E-state index contributed by atoms with van der Waals surface area (Å²) in [6.07, 6.45) is 1.98. The van der Waals surface area contributed by atoms with Crippen LogP contribution in [0.2, 0.25) is 0 Å². The molecule has 0 aromatic heterocycles. The van der Waals surface area contributed by atoms with Gasteiger partial charge in [0.25, 0.3) is 5.91 Å². The van der Waals surface area contributed by atoms with E-state index in [1.54, 1.807) is 17.0 Å². The van der Waals surface area contributed by atoms with Crippen LogP contribution in [-0.4, -0.2) is 44.2 Å². The van der Waals surface area contributed by atoms with Crippen molar-refractivity contribution in [2.75, 3.05) is 31.1 Å². The van der Waals surface area contributed by atoms with Crippen LogP contribution >= 0.6 is 12.4 Å². The van der Waals surface area contributed by atoms with Gasteiger partial charge in [0.15, 0.2) is 0 Å². The SMILES string of the molecule is CC1CCNCC1NC(=O)c1cccc(N2CCCNC2=O)c1.Cl. The van der Waals surface area contributed by atoms with Gasteiger partial charge in [0, 0.05) is 36.9 Å². The summed E-state index contributed by atoms with van der Waals surface area (Å²) in [6.45, 7) is 5.37. The molecule has 132 valence electrons. The summed E-state index contributed by atoms with van der Waals surface area (Å²) >= 11 is 0. The molecule has 3 rings (SSSR count). The number of halogens is 1. The molecular weight excluding hydrogens is 328 g/mol. The number of hydrogen-bond acceptors (Lipinski definition) is 3. The Morgan fingerprint density at radius 2 is 2.17 bits per heavy atom. The van der Waals surface area contributed by atoms with Crippen LogP contribution in [0.15, 0.2) is 24.3 Å². The van der Waals surface area contributed by atoms with Crippen LogP contribution < -0.4 is 20.9 Å². The summed E-state index contributed by atoms with van der Waals surface area (Å²) in [4.78, 5) is 26.1. The number of rotatable bonds is 3. The van der Waals surface area contributed by atoms with Crippen molar-refractivity contribution in [2.24, 2.45) is 5.92 Å². The van der Waals surface area contributed by atoms with Gasteiger partial charge in [-0.25, -0.2) is 4.79 Å². The number of carbonyl (C=O) groups excluding carboxylic acids is 2. The second kappa shape index (κ2) is 8.35. The van der Waals surface area contributed by atoms with Crippen LogP contribution in [0, 0.1) is 5.92 Å². The van der Waals surface area contributed by atoms with Crippen molar-refractivity contribution in [3.05, 3.63) is 29.8 Å². The summed E-state index contributed by atoms with van der Waals surface area (Å²) < 4.78 is 0. The fourth-order valence-corrected chi connectivity index (χ4v) is 3.13. The predicted molar refractivity (Wildman–Crippen MR) is 97.0 cm³/mol. The summed E-state index contributed by atoms with van der Waals surface area (Å²) in [6, 6.07) is 7.33. The molecule has 2 aliphatic rings. The molecule has 3 amide bonds. The van der Waals surface area contributed by atoms with Gasteiger partial charge in [-0.1, -0.05) is 13.0 Å². The number of hydrogen-bond donors (Lipinski definition) is 3. The number of urea groups is 1. The van der Waals surface area contributed by atoms with Gasteiger partial charge >= 0.3 is 6.03 Å². The van der Waals surface area contributed by atoms with E-state index in [0.717, 1.165) is 31.6 Å². The lowest BCUT2D eigenvalue weighted by Gasteiger charge is -2.30. The molecule has 1 aromatic carbocycles. The first-order chi connectivity index (χ1) is 11.1. The monoisotopic (exact) mass is 352 g/mol. The van der Waals surface area contributed by atoms with E-state index in [4.69, 9.17) is 0 Å². The van der Waals surface area contributed by atoms with Crippen molar-refractivity contribution in [2.45, 2.75) is 25.8 Å². The molecule has 0 radical (unpaired) electrons. The molecule has 2 aliphatic heterocycles. The molecule has 0 bridgehead atoms. The van der Waals surface area contributed by atoms with Gasteiger partial charge in [-0.2, -0.15) is 0 Å². The quantitative estimate of drug-likeness (QED) is 0.776. The summed E-state index contributed by atoms with van der Waals surface area (Å²) in [7, 11) is 0. The molecule has 2 fully saturated rings. The van der Waals surface area contributed by atoms with Crippen molar-refractivity contribution in [3.63, 3.8) is 0 Å². The zero-order chi connectivity index (χ0) is 16.2. The molecule has 6 nitrogen and oxygen atoms in total. The number of carbonyl (C=O) groups is 2. The maximum atomic E-state index is 12.5. The molecule has 1 aromatic rings. The summed E-state index contributed by atoms with van der Waals surface area (Å²) in [5, 5.41) is 9.25. The van der Waals surface area contributed by atoms with Gasteiger partial charge in [0.1, 0.15) is 0 Å². The van der Waals surface area contributed by atoms with Crippen LogP contribution in [0.5, 0.6) is 0 Å². The number of benzene rings is 1. The third kappa shape index (κ3) is 4.19. The molecule has 24 heavy (non-hydrogen) atoms. The van der Waals surface area contributed by atoms with Gasteiger partial charge in [-0.15, -0.1) is 12.4 Å². The highest BCUT2D eigenvalue weighted by Crippen LogP contribution is 2.19. The van der Waals surface area contributed by atoms with Crippen molar-refractivity contribution < 1.29 is 9.59 Å². The van der Waals surface area contributed by atoms with E-state index in [0.29, 0.717) is 24.6 Å². The highest BCUT2D eigenvalue weighted by molar-refractivity contribution is 5.98. The van der Waals surface area contributed by atoms with E-state index in [1.165, 1.54) is 0 Å². The van der Waals surface area contributed by atoms with Crippen LogP contribution in [0.4, 0.5) is 10.5 Å². The average Bonchev–Trinajstić information content (AvgIpc) is 2.57. The van der Waals surface area contributed by atoms with E-state index in [9.17, 15) is 9.59 Å². The van der Waals surface area contributed by atoms with Gasteiger partial charge in [0.2, 0.25) is 0 Å². The van der Waals surface area contributed by atoms with E-state index < -0.39 is 0 Å². The number of anilines is 1. The van der Waals surface area contributed by atoms with E-state index >= 15 is 0 Å². The molecule has 7 heteroatoms. The lowest BCUT2D eigenvalue weighted by atomic mass is 9.94. The lowest BCUT2D eigenvalue weighted by Crippen LogP contribution is -2.50. The lowest BCUT2D eigenvalue weighted by molar-refractivity contribution is 0.0915. The maximum Gasteiger partial charge on any atom is 0.321 e. The zero-order valence-corrected chi connectivity index (χ0v) is 14.7. The first-order valence-electron chi connectivity index (χ1n) is 8.32. The Bertz CT molecular complexity index is 596. The summed E-state index contributed by atoms with van der Waals surface area (Å²) in [5.74, 6) is 0.390. The zero-order valence-electron chi connectivity index (χ0n) is 13.9. The number of nitrogens with zero attached hydrogens (tertiary/aromatic N) is 1. The molecule has 0 aliphatic carbocycles. The molecule has 2 saturated heterocycles. The molecule has 3 N–H and O–H groups in total. The fraction of sp³-hybridized carbons (Fsp3) is 0.529. The third-order valence-corrected chi connectivity index (χ3v) is 4.64. The minimum atomic E-state index is -0.0982. The summed E-state index contributed by atoms with van der Waals surface area (Å²) in [5.41, 5.74) is 1.36. The van der Waals surface area contributed by atoms with Crippen molar-refractivity contribution in [1.82, 2.24) is 16.0 Å². The Kier molecular flexibility index (Phi) is 6.45. The van der Waals surface area contributed by atoms with Crippen LogP contribution in [0.1, 0.15) is 30.1 Å². The minimum Gasteiger partial charge on any atom is -0.348 e. The first-order valence-corrected chi connectivity index (χ1v) is 8.32. The number of amides is 3. The Morgan fingerprint density at radius 1 is 1.33 bits per heavy atom. The molecule has 2 unspecified atom stereocenters. The van der Waals surface area contributed by atoms with Crippen LogP contribution in [-0.2, 0) is 0 Å². The van der Waals surface area contributed by atoms with Crippen LogP contribution in [0.3, 0.4) is 0 Å². The first kappa shape index (κ1) is 18.5. The fourth-order valence-electron chi connectivity index (χ4n) is 3.13. The Morgan fingerprint density at radius 3 is 2.92 bits per heavy atom. The number of nitrogens with one attached hydrogen (secondary N) is 3. The smallest absolute Gasteiger partial charge is 0.321 e. The standard InChI is InChI=1S/C17H24N4O2.ClH/c1-12-6-8-18-11-15(12)20-16(22)13-4-2-5-14(10-13)21-9-3-7-19-17(21)23;/h2,4-5,10,12,15,18H,3,6-9,11H2,1H3,(H,19,23)(H,20,22);1H. The molecule has 0 saturated carbocycles. The number of piperidine rings is 1. The normalized spacial score (nSPS) is 23.9. The molecule has 2 atom stereocenters. The average molecular weight is 353 g/mol. The van der Waals surface area contributed by atoms with E-state index in [1.807, 2.05) is 12.1 Å². The van der Waals surface area contributed by atoms with Gasteiger partial charge < -0.3 is 16.0 Å². The van der Waals surface area contributed by atoms with Crippen LogP contribution in [0.25, 0.3) is 0 Å². The second-order valence-corrected chi connectivity index (χ2v) is 6.34. The highest BCUT2D eigenvalue weighted by Gasteiger charge is 2.24. The third-order valence-electron chi connectivity index (χ3n) is 4.64. The van der Waals surface area contributed by atoms with Gasteiger partial charge in [-0.3, -0.25) is 9.69 Å². The molecule has 2 heterocycles. The maximum absolute atomic E-state index is 12.5. The van der Waals surface area contributed by atoms with Crippen molar-refractivity contribution in [3.8, 4) is 0 Å². The molecule has 0 spiro atoms. The van der Waals surface area contributed by atoms with Crippen molar-refractivity contribution >= 4 is 30.0 Å². The van der Waals surface area contributed by atoms with Gasteiger partial charge in [0.05, 0.1) is 0 Å². The van der Waals surface area contributed by atoms with Crippen molar-refractivity contribution in [1.29, 1.82) is 0 Å². The Hall–Kier alpha value is -1.79. The topological polar surface area (TPSA) is 73.5 Å². The van der Waals surface area contributed by atoms with Gasteiger partial charge in [-0.05, 0) is 43.5 Å². The predicted octanol–water partition coefficient (Wildman–Crippen LogP) is 1.76. The second-order valence-electron chi connectivity index (χ2n) is 6.34. The minimum absolute atomic E-state index is 0. The van der Waals surface area contributed by atoms with E-state index in [2.05, 4.69) is 22.9 Å².